The first-order valence-corrected chi connectivity index (χ1v) is 5.31. The summed E-state index contributed by atoms with van der Waals surface area (Å²) in [4.78, 5) is 12.4. The lowest BCUT2D eigenvalue weighted by Gasteiger charge is -1.94. The van der Waals surface area contributed by atoms with Crippen LogP contribution < -0.4 is 5.56 Å². The third-order valence-electron chi connectivity index (χ3n) is 2.30. The van der Waals surface area contributed by atoms with Gasteiger partial charge in [-0.2, -0.15) is 0 Å². The summed E-state index contributed by atoms with van der Waals surface area (Å²) in [7, 11) is 0. The molecule has 3 rings (SSSR count). The first-order valence-electron chi connectivity index (χ1n) is 4.49. The highest BCUT2D eigenvalue weighted by molar-refractivity contribution is 7.23. The number of aromatic nitrogens is 1. The van der Waals surface area contributed by atoms with Gasteiger partial charge >= 0.3 is 0 Å². The zero-order valence-corrected chi connectivity index (χ0v) is 8.49. The highest BCUT2D eigenvalue weighted by Crippen LogP contribution is 2.26. The van der Waals surface area contributed by atoms with Crippen LogP contribution in [0.5, 0.6) is 5.75 Å². The molecule has 3 nitrogen and oxygen atoms in total. The van der Waals surface area contributed by atoms with Crippen LogP contribution in [0, 0.1) is 0 Å². The molecular formula is C11H7NO2S. The molecule has 0 unspecified atom stereocenters. The largest absolute Gasteiger partial charge is 0.508 e. The van der Waals surface area contributed by atoms with Crippen molar-refractivity contribution in [3.05, 3.63) is 46.8 Å². The molecule has 0 aliphatic carbocycles. The summed E-state index contributed by atoms with van der Waals surface area (Å²) < 4.78 is 2.65. The van der Waals surface area contributed by atoms with E-state index in [2.05, 4.69) is 0 Å². The predicted molar refractivity (Wildman–Crippen MR) is 60.7 cm³/mol. The standard InChI is InChI=1S/C11H7NO2S/c13-7-5-10(14)12-8-3-1-2-4-9(8)15-11(12)6-7/h1-6,13H. The van der Waals surface area contributed by atoms with E-state index in [1.54, 1.807) is 10.5 Å². The lowest BCUT2D eigenvalue weighted by molar-refractivity contribution is 0.474. The van der Waals surface area contributed by atoms with Crippen LogP contribution in [0.25, 0.3) is 15.0 Å². The van der Waals surface area contributed by atoms with Crippen LogP contribution in [0.4, 0.5) is 0 Å². The van der Waals surface area contributed by atoms with Crippen molar-refractivity contribution < 1.29 is 5.11 Å². The number of thiazole rings is 1. The van der Waals surface area contributed by atoms with Crippen LogP contribution in [-0.2, 0) is 0 Å². The van der Waals surface area contributed by atoms with E-state index in [1.165, 1.54) is 17.4 Å². The fourth-order valence-corrected chi connectivity index (χ4v) is 2.78. The van der Waals surface area contributed by atoms with E-state index in [4.69, 9.17) is 0 Å². The summed E-state index contributed by atoms with van der Waals surface area (Å²) in [5.74, 6) is 0.0200. The van der Waals surface area contributed by atoms with Crippen molar-refractivity contribution in [3.8, 4) is 5.75 Å². The maximum absolute atomic E-state index is 11.7. The smallest absolute Gasteiger partial charge is 0.259 e. The second-order valence-corrected chi connectivity index (χ2v) is 4.36. The number of hydrogen-bond donors (Lipinski definition) is 1. The van der Waals surface area contributed by atoms with E-state index in [0.717, 1.165) is 15.0 Å². The van der Waals surface area contributed by atoms with Gasteiger partial charge in [0.2, 0.25) is 0 Å². The molecule has 0 aliphatic heterocycles. The van der Waals surface area contributed by atoms with E-state index in [-0.39, 0.29) is 11.3 Å². The first-order chi connectivity index (χ1) is 7.25. The van der Waals surface area contributed by atoms with Gasteiger partial charge in [-0.15, -0.1) is 11.3 Å². The van der Waals surface area contributed by atoms with Gasteiger partial charge in [0.25, 0.3) is 5.56 Å². The third-order valence-corrected chi connectivity index (χ3v) is 3.38. The highest BCUT2D eigenvalue weighted by atomic mass is 32.1. The molecule has 15 heavy (non-hydrogen) atoms. The third kappa shape index (κ3) is 1.15. The second kappa shape index (κ2) is 2.84. The molecule has 1 N–H and O–H groups in total. The molecule has 2 heterocycles. The van der Waals surface area contributed by atoms with Gasteiger partial charge < -0.3 is 5.11 Å². The van der Waals surface area contributed by atoms with Crippen molar-refractivity contribution in [2.75, 3.05) is 0 Å². The van der Waals surface area contributed by atoms with Gasteiger partial charge in [0.1, 0.15) is 10.6 Å². The Balaban J connectivity index is 2.67. The normalized spacial score (nSPS) is 11.2. The second-order valence-electron chi connectivity index (χ2n) is 3.30. The quantitative estimate of drug-likeness (QED) is 0.627. The van der Waals surface area contributed by atoms with E-state index in [1.807, 2.05) is 24.3 Å². The van der Waals surface area contributed by atoms with Crippen molar-refractivity contribution >= 4 is 26.4 Å². The Hall–Kier alpha value is -1.81. The molecule has 0 saturated carbocycles. The highest BCUT2D eigenvalue weighted by Gasteiger charge is 2.06. The molecule has 3 aromatic rings. The Morgan fingerprint density at radius 3 is 2.87 bits per heavy atom. The fourth-order valence-electron chi connectivity index (χ4n) is 1.69. The van der Waals surface area contributed by atoms with E-state index < -0.39 is 0 Å². The zero-order chi connectivity index (χ0) is 10.4. The lowest BCUT2D eigenvalue weighted by Crippen LogP contribution is -2.09. The van der Waals surface area contributed by atoms with Crippen LogP contribution in [0.2, 0.25) is 0 Å². The number of rotatable bonds is 0. The van der Waals surface area contributed by atoms with Crippen LogP contribution in [0.3, 0.4) is 0 Å². The van der Waals surface area contributed by atoms with Crippen LogP contribution >= 0.6 is 11.3 Å². The average Bonchev–Trinajstić information content (AvgIpc) is 2.54. The molecule has 0 fully saturated rings. The minimum Gasteiger partial charge on any atom is -0.508 e. The van der Waals surface area contributed by atoms with Gasteiger partial charge in [0.15, 0.2) is 0 Å². The van der Waals surface area contributed by atoms with Crippen molar-refractivity contribution in [2.24, 2.45) is 0 Å². The van der Waals surface area contributed by atoms with Gasteiger partial charge in [-0.05, 0) is 12.1 Å². The maximum atomic E-state index is 11.7. The van der Waals surface area contributed by atoms with Gasteiger partial charge in [0.05, 0.1) is 10.2 Å². The van der Waals surface area contributed by atoms with Crippen molar-refractivity contribution in [2.45, 2.75) is 0 Å². The topological polar surface area (TPSA) is 41.7 Å². The monoisotopic (exact) mass is 217 g/mol. The summed E-state index contributed by atoms with van der Waals surface area (Å²) in [6.07, 6.45) is 0. The van der Waals surface area contributed by atoms with Crippen LogP contribution in [-0.4, -0.2) is 9.51 Å². The lowest BCUT2D eigenvalue weighted by atomic mass is 10.3. The van der Waals surface area contributed by atoms with Crippen molar-refractivity contribution in [1.82, 2.24) is 4.40 Å². The molecule has 74 valence electrons. The fraction of sp³-hybridized carbons (Fsp3) is 0. The Bertz CT molecular complexity index is 711. The number of para-hydroxylation sites is 1. The van der Waals surface area contributed by atoms with Crippen LogP contribution in [0.15, 0.2) is 41.2 Å². The molecule has 2 aromatic heterocycles. The summed E-state index contributed by atoms with van der Waals surface area (Å²) in [6, 6.07) is 10.5. The van der Waals surface area contributed by atoms with E-state index in [0.29, 0.717) is 0 Å². The number of aromatic hydroxyl groups is 1. The predicted octanol–water partition coefficient (Wildman–Crippen LogP) is 2.22. The Labute approximate surface area is 88.8 Å². The number of fused-ring (bicyclic) bond motifs is 3. The molecule has 0 aliphatic rings. The molecule has 4 heteroatoms. The molecule has 0 radical (unpaired) electrons. The minimum absolute atomic E-state index is 0.0200. The Morgan fingerprint density at radius 1 is 1.20 bits per heavy atom. The maximum Gasteiger partial charge on any atom is 0.259 e. The van der Waals surface area contributed by atoms with Gasteiger partial charge in [0, 0.05) is 12.1 Å². The molecule has 0 bridgehead atoms. The average molecular weight is 217 g/mol. The van der Waals surface area contributed by atoms with Gasteiger partial charge in [-0.3, -0.25) is 9.20 Å². The molecular weight excluding hydrogens is 210 g/mol. The van der Waals surface area contributed by atoms with Crippen LogP contribution in [0.1, 0.15) is 0 Å². The minimum atomic E-state index is -0.192. The first kappa shape index (κ1) is 8.49. The van der Waals surface area contributed by atoms with Gasteiger partial charge in [-0.1, -0.05) is 12.1 Å². The SMILES string of the molecule is O=c1cc(O)cc2sc3ccccc3n12. The van der Waals surface area contributed by atoms with E-state index >= 15 is 0 Å². The molecule has 0 saturated heterocycles. The number of benzene rings is 1. The molecule has 0 amide bonds. The molecule has 1 aromatic carbocycles. The summed E-state index contributed by atoms with van der Waals surface area (Å²) in [5, 5.41) is 9.33. The number of hydrogen-bond acceptors (Lipinski definition) is 3. The van der Waals surface area contributed by atoms with Crippen molar-refractivity contribution in [3.63, 3.8) is 0 Å². The Kier molecular flexibility index (Phi) is 1.61. The number of nitrogens with zero attached hydrogens (tertiary/aromatic N) is 1. The summed E-state index contributed by atoms with van der Waals surface area (Å²) >= 11 is 1.49. The van der Waals surface area contributed by atoms with Crippen molar-refractivity contribution in [1.29, 1.82) is 0 Å². The van der Waals surface area contributed by atoms with E-state index in [9.17, 15) is 9.90 Å². The Morgan fingerprint density at radius 2 is 2.00 bits per heavy atom. The summed E-state index contributed by atoms with van der Waals surface area (Å²) in [5.41, 5.74) is 0.699. The number of pyridine rings is 1. The van der Waals surface area contributed by atoms with Gasteiger partial charge in [-0.25, -0.2) is 0 Å². The molecule has 0 spiro atoms. The zero-order valence-electron chi connectivity index (χ0n) is 7.68. The molecule has 0 atom stereocenters. The summed E-state index contributed by atoms with van der Waals surface area (Å²) in [6.45, 7) is 0.